The van der Waals surface area contributed by atoms with E-state index in [9.17, 15) is 9.59 Å². The van der Waals surface area contributed by atoms with Gasteiger partial charge in [0.1, 0.15) is 0 Å². The van der Waals surface area contributed by atoms with E-state index in [1.807, 2.05) is 24.3 Å². The number of esters is 2. The highest BCUT2D eigenvalue weighted by Gasteiger charge is 2.24. The Balaban J connectivity index is 1.85. The van der Waals surface area contributed by atoms with Crippen molar-refractivity contribution in [2.45, 2.75) is 0 Å². The van der Waals surface area contributed by atoms with Crippen molar-refractivity contribution < 1.29 is 19.1 Å². The molecule has 0 bridgehead atoms. The molecule has 0 amide bonds. The van der Waals surface area contributed by atoms with Crippen molar-refractivity contribution in [1.82, 2.24) is 0 Å². The summed E-state index contributed by atoms with van der Waals surface area (Å²) in [6.45, 7) is 0. The summed E-state index contributed by atoms with van der Waals surface area (Å²) in [5, 5.41) is 0. The van der Waals surface area contributed by atoms with Gasteiger partial charge in [0.15, 0.2) is 5.70 Å². The van der Waals surface area contributed by atoms with Crippen LogP contribution in [0.15, 0.2) is 63.7 Å². The molecule has 0 saturated carbocycles. The summed E-state index contributed by atoms with van der Waals surface area (Å²) in [7, 11) is 1.32. The molecule has 0 unspecified atom stereocenters. The summed E-state index contributed by atoms with van der Waals surface area (Å²) in [6.07, 6.45) is 1.61. The van der Waals surface area contributed by atoms with Gasteiger partial charge >= 0.3 is 11.9 Å². The number of carbonyl (C=O) groups is 2. The minimum absolute atomic E-state index is 0.207. The molecule has 0 radical (unpaired) electrons. The average Bonchev–Trinajstić information content (AvgIpc) is 2.96. The molecule has 1 aliphatic rings. The molecule has 0 atom stereocenters. The molecule has 0 N–H and O–H groups in total. The lowest BCUT2D eigenvalue weighted by atomic mass is 10.1. The second kappa shape index (κ2) is 6.80. The minimum atomic E-state index is -0.509. The van der Waals surface area contributed by atoms with Gasteiger partial charge < -0.3 is 9.47 Å². The molecular weight excluding hydrogens is 374 g/mol. The van der Waals surface area contributed by atoms with Gasteiger partial charge in [0, 0.05) is 10.0 Å². The largest absolute Gasteiger partial charge is 0.465 e. The van der Waals surface area contributed by atoms with Gasteiger partial charge in [0.25, 0.3) is 0 Å². The van der Waals surface area contributed by atoms with Gasteiger partial charge in [0.05, 0.1) is 12.7 Å². The van der Waals surface area contributed by atoms with Crippen LogP contribution < -0.4 is 0 Å². The van der Waals surface area contributed by atoms with Crippen molar-refractivity contribution in [2.75, 3.05) is 7.11 Å². The van der Waals surface area contributed by atoms with E-state index in [0.717, 1.165) is 15.6 Å². The van der Waals surface area contributed by atoms with Crippen LogP contribution in [0.25, 0.3) is 6.08 Å². The summed E-state index contributed by atoms with van der Waals surface area (Å²) in [6, 6.07) is 14.0. The van der Waals surface area contributed by atoms with Crippen molar-refractivity contribution in [3.63, 3.8) is 0 Å². The molecule has 2 aromatic rings. The molecule has 1 aliphatic heterocycles. The van der Waals surface area contributed by atoms with Gasteiger partial charge in [-0.05, 0) is 48.0 Å². The van der Waals surface area contributed by atoms with Crippen molar-refractivity contribution in [3.05, 3.63) is 75.4 Å². The second-order valence-corrected chi connectivity index (χ2v) is 5.87. The Kier molecular flexibility index (Phi) is 4.57. The van der Waals surface area contributed by atoms with E-state index in [2.05, 4.69) is 25.7 Å². The highest BCUT2D eigenvalue weighted by molar-refractivity contribution is 9.10. The molecule has 2 aromatic carbocycles. The number of hydrogen-bond donors (Lipinski definition) is 0. The second-order valence-electron chi connectivity index (χ2n) is 4.96. The number of aliphatic imine (C=N–C) groups is 1. The zero-order valence-electron chi connectivity index (χ0n) is 12.7. The lowest BCUT2D eigenvalue weighted by Gasteiger charge is -1.99. The Hall–Kier alpha value is -2.73. The highest BCUT2D eigenvalue weighted by Crippen LogP contribution is 2.20. The third kappa shape index (κ3) is 3.44. The van der Waals surface area contributed by atoms with Gasteiger partial charge in [-0.25, -0.2) is 14.6 Å². The average molecular weight is 386 g/mol. The standard InChI is InChI=1S/C18H12BrNO4/c1-23-17(21)13-4-2-11(3-5-13)10-15-18(22)24-16(20-15)12-6-8-14(19)9-7-12/h2-10H,1H3/b15-10-. The van der Waals surface area contributed by atoms with Gasteiger partial charge in [-0.15, -0.1) is 0 Å². The molecule has 1 heterocycles. The van der Waals surface area contributed by atoms with Crippen LogP contribution in [0.4, 0.5) is 0 Å². The minimum Gasteiger partial charge on any atom is -0.465 e. The molecule has 120 valence electrons. The topological polar surface area (TPSA) is 65.0 Å². The Bertz CT molecular complexity index is 852. The molecule has 6 heteroatoms. The zero-order valence-corrected chi connectivity index (χ0v) is 14.2. The first-order valence-corrected chi connectivity index (χ1v) is 7.83. The van der Waals surface area contributed by atoms with Crippen LogP contribution in [0, 0.1) is 0 Å². The van der Waals surface area contributed by atoms with Crippen LogP contribution in [0.3, 0.4) is 0 Å². The molecule has 0 fully saturated rings. The van der Waals surface area contributed by atoms with Crippen LogP contribution in [0.1, 0.15) is 21.5 Å². The quantitative estimate of drug-likeness (QED) is 0.598. The van der Waals surface area contributed by atoms with Crippen LogP contribution >= 0.6 is 15.9 Å². The van der Waals surface area contributed by atoms with E-state index in [1.54, 1.807) is 30.3 Å². The van der Waals surface area contributed by atoms with E-state index in [0.29, 0.717) is 5.56 Å². The Labute approximate surface area is 146 Å². The summed E-state index contributed by atoms with van der Waals surface area (Å²) < 4.78 is 10.8. The number of ether oxygens (including phenoxy) is 2. The number of nitrogens with zero attached hydrogens (tertiary/aromatic N) is 1. The Morgan fingerprint density at radius 1 is 1.12 bits per heavy atom. The molecule has 3 rings (SSSR count). The monoisotopic (exact) mass is 385 g/mol. The number of cyclic esters (lactones) is 1. The van der Waals surface area contributed by atoms with Crippen LogP contribution in [-0.4, -0.2) is 24.9 Å². The van der Waals surface area contributed by atoms with Crippen molar-refractivity contribution >= 4 is 39.8 Å². The van der Waals surface area contributed by atoms with Gasteiger partial charge in [-0.1, -0.05) is 28.1 Å². The Morgan fingerprint density at radius 2 is 1.79 bits per heavy atom. The fraction of sp³-hybridized carbons (Fsp3) is 0.0556. The number of rotatable bonds is 3. The predicted molar refractivity (Wildman–Crippen MR) is 92.5 cm³/mol. The third-order valence-corrected chi connectivity index (χ3v) is 3.88. The fourth-order valence-electron chi connectivity index (χ4n) is 2.12. The summed E-state index contributed by atoms with van der Waals surface area (Å²) in [4.78, 5) is 27.6. The normalized spacial score (nSPS) is 15.2. The number of hydrogen-bond acceptors (Lipinski definition) is 5. The smallest absolute Gasteiger partial charge is 0.363 e. The van der Waals surface area contributed by atoms with E-state index in [-0.39, 0.29) is 11.6 Å². The van der Waals surface area contributed by atoms with E-state index >= 15 is 0 Å². The van der Waals surface area contributed by atoms with Crippen molar-refractivity contribution in [2.24, 2.45) is 4.99 Å². The van der Waals surface area contributed by atoms with Crippen LogP contribution in [0.5, 0.6) is 0 Å². The highest BCUT2D eigenvalue weighted by atomic mass is 79.9. The maximum atomic E-state index is 12.0. The zero-order chi connectivity index (χ0) is 17.1. The molecule has 5 nitrogen and oxygen atoms in total. The first kappa shape index (κ1) is 16.1. The van der Waals surface area contributed by atoms with Crippen LogP contribution in [-0.2, 0) is 14.3 Å². The number of carbonyl (C=O) groups excluding carboxylic acids is 2. The van der Waals surface area contributed by atoms with E-state index in [1.165, 1.54) is 7.11 Å². The third-order valence-electron chi connectivity index (χ3n) is 3.35. The molecule has 0 aromatic heterocycles. The van der Waals surface area contributed by atoms with E-state index in [4.69, 9.17) is 4.74 Å². The van der Waals surface area contributed by atoms with Crippen molar-refractivity contribution in [1.29, 1.82) is 0 Å². The lowest BCUT2D eigenvalue weighted by molar-refractivity contribution is -0.129. The van der Waals surface area contributed by atoms with Crippen LogP contribution in [0.2, 0.25) is 0 Å². The molecule has 0 saturated heterocycles. The summed E-state index contributed by atoms with van der Waals surface area (Å²) in [5.41, 5.74) is 2.10. The first-order chi connectivity index (χ1) is 11.6. The Morgan fingerprint density at radius 3 is 2.42 bits per heavy atom. The molecular formula is C18H12BrNO4. The summed E-state index contributed by atoms with van der Waals surface area (Å²) in [5.74, 6) is -0.653. The number of methoxy groups -OCH3 is 1. The summed E-state index contributed by atoms with van der Waals surface area (Å²) >= 11 is 3.35. The van der Waals surface area contributed by atoms with Gasteiger partial charge in [-0.2, -0.15) is 0 Å². The maximum absolute atomic E-state index is 12.0. The lowest BCUT2D eigenvalue weighted by Crippen LogP contribution is -2.05. The SMILES string of the molecule is COC(=O)c1ccc(/C=C2\N=C(c3ccc(Br)cc3)OC2=O)cc1. The number of halogens is 1. The predicted octanol–water partition coefficient (Wildman–Crippen LogP) is 3.58. The van der Waals surface area contributed by atoms with Crippen molar-refractivity contribution in [3.8, 4) is 0 Å². The van der Waals surface area contributed by atoms with Gasteiger partial charge in [-0.3, -0.25) is 0 Å². The molecule has 24 heavy (non-hydrogen) atoms. The maximum Gasteiger partial charge on any atom is 0.363 e. The number of benzene rings is 2. The first-order valence-electron chi connectivity index (χ1n) is 7.04. The van der Waals surface area contributed by atoms with Gasteiger partial charge in [0.2, 0.25) is 5.90 Å². The van der Waals surface area contributed by atoms with E-state index < -0.39 is 11.9 Å². The fourth-order valence-corrected chi connectivity index (χ4v) is 2.38. The molecule has 0 spiro atoms. The molecule has 0 aliphatic carbocycles.